The molecule has 0 aliphatic carbocycles. The van der Waals surface area contributed by atoms with Crippen molar-refractivity contribution in [2.75, 3.05) is 13.2 Å². The van der Waals surface area contributed by atoms with Gasteiger partial charge in [-0.05, 0) is 30.5 Å². The largest absolute Gasteiger partial charge is 0.478 e. The van der Waals surface area contributed by atoms with Crippen LogP contribution in [0, 0.1) is 5.92 Å². The normalized spacial score (nSPS) is 23.6. The minimum Gasteiger partial charge on any atom is -0.478 e. The summed E-state index contributed by atoms with van der Waals surface area (Å²) in [6, 6.07) is 4.75. The molecule has 1 fully saturated rings. The Bertz CT molecular complexity index is 619. The van der Waals surface area contributed by atoms with Crippen LogP contribution in [0.4, 0.5) is 0 Å². The Morgan fingerprint density at radius 2 is 2.32 bits per heavy atom. The van der Waals surface area contributed by atoms with Crippen molar-refractivity contribution in [1.82, 2.24) is 4.98 Å². The van der Waals surface area contributed by atoms with Gasteiger partial charge in [0.05, 0.1) is 5.56 Å². The lowest BCUT2D eigenvalue weighted by atomic mass is 9.90. The molecule has 5 nitrogen and oxygen atoms in total. The number of rotatable bonds is 2. The van der Waals surface area contributed by atoms with Crippen molar-refractivity contribution in [3.05, 3.63) is 29.7 Å². The van der Waals surface area contributed by atoms with Gasteiger partial charge in [-0.25, -0.2) is 9.78 Å². The summed E-state index contributed by atoms with van der Waals surface area (Å²) in [5.41, 5.74) is 1.47. The van der Waals surface area contributed by atoms with E-state index < -0.39 is 5.97 Å². The number of carboxylic acids is 1. The topological polar surface area (TPSA) is 72.6 Å². The molecule has 1 aliphatic rings. The molecule has 0 amide bonds. The van der Waals surface area contributed by atoms with E-state index in [4.69, 9.17) is 14.3 Å². The predicted molar refractivity (Wildman–Crippen MR) is 68.3 cm³/mol. The molecule has 2 aromatic rings. The predicted octanol–water partition coefficient (Wildman–Crippen LogP) is 2.67. The van der Waals surface area contributed by atoms with E-state index in [-0.39, 0.29) is 11.5 Å². The van der Waals surface area contributed by atoms with E-state index in [0.29, 0.717) is 36.1 Å². The Balaban J connectivity index is 1.99. The Morgan fingerprint density at radius 1 is 1.47 bits per heavy atom. The van der Waals surface area contributed by atoms with Gasteiger partial charge in [-0.1, -0.05) is 6.92 Å². The third-order valence-electron chi connectivity index (χ3n) is 3.61. The van der Waals surface area contributed by atoms with Gasteiger partial charge in [0.1, 0.15) is 5.52 Å². The molecule has 2 unspecified atom stereocenters. The maximum atomic E-state index is 10.9. The Labute approximate surface area is 110 Å². The molecule has 0 bridgehead atoms. The summed E-state index contributed by atoms with van der Waals surface area (Å²) in [5.74, 6) is 0.342. The second kappa shape index (κ2) is 4.66. The average Bonchev–Trinajstić information content (AvgIpc) is 2.81. The van der Waals surface area contributed by atoms with Crippen molar-refractivity contribution in [3.8, 4) is 0 Å². The van der Waals surface area contributed by atoms with Crippen LogP contribution in [0.5, 0.6) is 0 Å². The summed E-state index contributed by atoms with van der Waals surface area (Å²) in [4.78, 5) is 15.4. The van der Waals surface area contributed by atoms with Crippen LogP contribution in [0.1, 0.15) is 35.5 Å². The van der Waals surface area contributed by atoms with Crippen molar-refractivity contribution in [2.45, 2.75) is 19.3 Å². The second-order valence-electron chi connectivity index (χ2n) is 4.99. The highest BCUT2D eigenvalue weighted by atomic mass is 16.5. The van der Waals surface area contributed by atoms with Crippen LogP contribution >= 0.6 is 0 Å². The van der Waals surface area contributed by atoms with Crippen molar-refractivity contribution in [1.29, 1.82) is 0 Å². The highest BCUT2D eigenvalue weighted by molar-refractivity contribution is 5.91. The number of hydrogen-bond donors (Lipinski definition) is 1. The van der Waals surface area contributed by atoms with Gasteiger partial charge in [0.2, 0.25) is 0 Å². The molecule has 1 aromatic carbocycles. The first-order valence-electron chi connectivity index (χ1n) is 6.36. The number of ether oxygens (including phenoxy) is 1. The smallest absolute Gasteiger partial charge is 0.335 e. The van der Waals surface area contributed by atoms with Crippen LogP contribution in [0.3, 0.4) is 0 Å². The van der Waals surface area contributed by atoms with Gasteiger partial charge < -0.3 is 14.3 Å². The molecule has 1 aromatic heterocycles. The molecule has 19 heavy (non-hydrogen) atoms. The van der Waals surface area contributed by atoms with Gasteiger partial charge in [0.15, 0.2) is 11.5 Å². The monoisotopic (exact) mass is 261 g/mol. The standard InChI is InChI=1S/C14H15NO4/c1-8-7-18-5-4-10(8)13-15-11-6-9(14(16)17)2-3-12(11)19-13/h2-3,6,8,10H,4-5,7H2,1H3,(H,16,17). The summed E-state index contributed by atoms with van der Waals surface area (Å²) in [6.45, 7) is 3.54. The van der Waals surface area contributed by atoms with E-state index in [9.17, 15) is 4.79 Å². The number of aromatic nitrogens is 1. The lowest BCUT2D eigenvalue weighted by molar-refractivity contribution is 0.0411. The summed E-state index contributed by atoms with van der Waals surface area (Å²) < 4.78 is 11.2. The number of fused-ring (bicyclic) bond motifs is 1. The number of nitrogens with zero attached hydrogens (tertiary/aromatic N) is 1. The fourth-order valence-corrected chi connectivity index (χ4v) is 2.48. The second-order valence-corrected chi connectivity index (χ2v) is 4.99. The number of aromatic carboxylic acids is 1. The van der Waals surface area contributed by atoms with Crippen molar-refractivity contribution in [3.63, 3.8) is 0 Å². The number of hydrogen-bond acceptors (Lipinski definition) is 4. The number of oxazole rings is 1. The van der Waals surface area contributed by atoms with Gasteiger partial charge in [0.25, 0.3) is 0 Å². The molecule has 1 aliphatic heterocycles. The van der Waals surface area contributed by atoms with Crippen molar-refractivity contribution in [2.24, 2.45) is 5.92 Å². The average molecular weight is 261 g/mol. The Hall–Kier alpha value is -1.88. The third-order valence-corrected chi connectivity index (χ3v) is 3.61. The Morgan fingerprint density at radius 3 is 3.05 bits per heavy atom. The maximum absolute atomic E-state index is 10.9. The van der Waals surface area contributed by atoms with E-state index in [1.54, 1.807) is 12.1 Å². The molecule has 3 rings (SSSR count). The van der Waals surface area contributed by atoms with Crippen molar-refractivity contribution < 1.29 is 19.1 Å². The highest BCUT2D eigenvalue weighted by Gasteiger charge is 2.28. The fraction of sp³-hybridized carbons (Fsp3) is 0.429. The van der Waals surface area contributed by atoms with Crippen LogP contribution in [0.15, 0.2) is 22.6 Å². The van der Waals surface area contributed by atoms with Gasteiger partial charge >= 0.3 is 5.97 Å². The van der Waals surface area contributed by atoms with Crippen LogP contribution in [0.2, 0.25) is 0 Å². The van der Waals surface area contributed by atoms with Gasteiger partial charge in [0, 0.05) is 19.1 Å². The molecule has 0 spiro atoms. The van der Waals surface area contributed by atoms with Gasteiger partial charge in [-0.15, -0.1) is 0 Å². The molecule has 1 N–H and O–H groups in total. The summed E-state index contributed by atoms with van der Waals surface area (Å²) in [7, 11) is 0. The van der Waals surface area contributed by atoms with Gasteiger partial charge in [-0.2, -0.15) is 0 Å². The molecule has 100 valence electrons. The first-order chi connectivity index (χ1) is 9.15. The molecule has 2 heterocycles. The molecule has 0 radical (unpaired) electrons. The number of carbonyl (C=O) groups is 1. The van der Waals surface area contributed by atoms with Crippen LogP contribution in [0.25, 0.3) is 11.1 Å². The Kier molecular flexibility index (Phi) is 2.98. The zero-order chi connectivity index (χ0) is 13.4. The maximum Gasteiger partial charge on any atom is 0.335 e. The molecule has 1 saturated heterocycles. The van der Waals surface area contributed by atoms with E-state index in [1.807, 2.05) is 0 Å². The molecular formula is C14H15NO4. The quantitative estimate of drug-likeness (QED) is 0.899. The fourth-order valence-electron chi connectivity index (χ4n) is 2.48. The first-order valence-corrected chi connectivity index (χ1v) is 6.36. The molecule has 2 atom stereocenters. The molecule has 5 heteroatoms. The zero-order valence-corrected chi connectivity index (χ0v) is 10.6. The van der Waals surface area contributed by atoms with Crippen molar-refractivity contribution >= 4 is 17.1 Å². The molecular weight excluding hydrogens is 246 g/mol. The van der Waals surface area contributed by atoms with Gasteiger partial charge in [-0.3, -0.25) is 0 Å². The highest BCUT2D eigenvalue weighted by Crippen LogP contribution is 2.33. The minimum absolute atomic E-state index is 0.229. The first kappa shape index (κ1) is 12.2. The summed E-state index contributed by atoms with van der Waals surface area (Å²) in [6.07, 6.45) is 0.889. The van der Waals surface area contributed by atoms with E-state index >= 15 is 0 Å². The van der Waals surface area contributed by atoms with Crippen LogP contribution < -0.4 is 0 Å². The third kappa shape index (κ3) is 2.21. The van der Waals surface area contributed by atoms with Crippen LogP contribution in [-0.4, -0.2) is 29.3 Å². The summed E-state index contributed by atoms with van der Waals surface area (Å²) in [5, 5.41) is 8.97. The summed E-state index contributed by atoms with van der Waals surface area (Å²) >= 11 is 0. The zero-order valence-electron chi connectivity index (χ0n) is 10.6. The number of carboxylic acid groups (broad SMARTS) is 1. The molecule has 0 saturated carbocycles. The lowest BCUT2D eigenvalue weighted by Gasteiger charge is -2.26. The van der Waals surface area contributed by atoms with E-state index in [0.717, 1.165) is 6.42 Å². The van der Waals surface area contributed by atoms with E-state index in [2.05, 4.69) is 11.9 Å². The van der Waals surface area contributed by atoms with Crippen LogP contribution in [-0.2, 0) is 4.74 Å². The lowest BCUT2D eigenvalue weighted by Crippen LogP contribution is -2.23. The van der Waals surface area contributed by atoms with E-state index in [1.165, 1.54) is 6.07 Å². The SMILES string of the molecule is CC1COCCC1c1nc2cc(C(=O)O)ccc2o1. The minimum atomic E-state index is -0.953. The number of benzene rings is 1.